The first-order valence-electron chi connectivity index (χ1n) is 6.81. The Hall–Kier alpha value is -2.62. The molecule has 21 heavy (non-hydrogen) atoms. The number of hydrogen-bond acceptors (Lipinski definition) is 2. The van der Waals surface area contributed by atoms with Crippen LogP contribution >= 0.6 is 0 Å². The molecule has 2 aromatic heterocycles. The van der Waals surface area contributed by atoms with E-state index in [2.05, 4.69) is 22.1 Å². The van der Waals surface area contributed by atoms with Crippen LogP contribution in [0, 0.1) is 0 Å². The highest BCUT2D eigenvalue weighted by molar-refractivity contribution is 5.46. The molecule has 0 atom stereocenters. The fourth-order valence-corrected chi connectivity index (χ4v) is 2.57. The van der Waals surface area contributed by atoms with Gasteiger partial charge in [-0.25, -0.2) is 0 Å². The SMILES string of the molecule is COc1cc(OC)cc(C(c2ccc[nH]2)c2ccc[nH]2)c1. The summed E-state index contributed by atoms with van der Waals surface area (Å²) >= 11 is 0. The van der Waals surface area contributed by atoms with Crippen LogP contribution in [0.2, 0.25) is 0 Å². The van der Waals surface area contributed by atoms with Crippen LogP contribution < -0.4 is 9.47 Å². The number of benzene rings is 1. The highest BCUT2D eigenvalue weighted by Gasteiger charge is 2.20. The first-order chi connectivity index (χ1) is 10.3. The molecule has 4 heteroatoms. The smallest absolute Gasteiger partial charge is 0.122 e. The van der Waals surface area contributed by atoms with Crippen LogP contribution in [0.3, 0.4) is 0 Å². The Morgan fingerprint density at radius 2 is 1.33 bits per heavy atom. The number of H-pyrrole nitrogens is 2. The maximum Gasteiger partial charge on any atom is 0.122 e. The van der Waals surface area contributed by atoms with E-state index in [4.69, 9.17) is 9.47 Å². The molecule has 0 aliphatic rings. The molecule has 3 rings (SSSR count). The van der Waals surface area contributed by atoms with Crippen LogP contribution in [0.5, 0.6) is 11.5 Å². The summed E-state index contributed by atoms with van der Waals surface area (Å²) in [5.41, 5.74) is 3.34. The molecule has 0 fully saturated rings. The maximum absolute atomic E-state index is 5.38. The van der Waals surface area contributed by atoms with Gasteiger partial charge < -0.3 is 19.4 Å². The molecule has 0 unspecified atom stereocenters. The number of aromatic nitrogens is 2. The minimum Gasteiger partial charge on any atom is -0.497 e. The normalized spacial score (nSPS) is 10.8. The molecular weight excluding hydrogens is 264 g/mol. The third kappa shape index (κ3) is 2.65. The number of ether oxygens (including phenoxy) is 2. The van der Waals surface area contributed by atoms with Crippen molar-refractivity contribution in [2.45, 2.75) is 5.92 Å². The number of nitrogens with one attached hydrogen (secondary N) is 2. The lowest BCUT2D eigenvalue weighted by atomic mass is 9.92. The van der Waals surface area contributed by atoms with Crippen molar-refractivity contribution in [3.05, 3.63) is 71.8 Å². The quantitative estimate of drug-likeness (QED) is 0.752. The number of rotatable bonds is 5. The van der Waals surface area contributed by atoms with Crippen molar-refractivity contribution in [2.75, 3.05) is 14.2 Å². The van der Waals surface area contributed by atoms with E-state index in [1.165, 1.54) is 0 Å². The summed E-state index contributed by atoms with van der Waals surface area (Å²) in [5, 5.41) is 0. The average Bonchev–Trinajstić information content (AvgIpc) is 3.21. The monoisotopic (exact) mass is 282 g/mol. The molecule has 0 aliphatic carbocycles. The maximum atomic E-state index is 5.38. The summed E-state index contributed by atoms with van der Waals surface area (Å²) in [4.78, 5) is 6.59. The zero-order valence-corrected chi connectivity index (χ0v) is 12.1. The minimum absolute atomic E-state index is 0.0824. The molecule has 0 amide bonds. The molecule has 0 saturated carbocycles. The Morgan fingerprint density at radius 1 is 0.810 bits per heavy atom. The van der Waals surface area contributed by atoms with E-state index in [-0.39, 0.29) is 5.92 Å². The van der Waals surface area contributed by atoms with E-state index in [0.717, 1.165) is 28.5 Å². The molecule has 0 spiro atoms. The van der Waals surface area contributed by atoms with E-state index >= 15 is 0 Å². The Labute approximate surface area is 123 Å². The second-order valence-corrected chi connectivity index (χ2v) is 4.83. The van der Waals surface area contributed by atoms with Crippen LogP contribution in [0.1, 0.15) is 22.9 Å². The van der Waals surface area contributed by atoms with Crippen LogP contribution in [-0.4, -0.2) is 24.2 Å². The zero-order valence-electron chi connectivity index (χ0n) is 12.1. The number of aromatic amines is 2. The van der Waals surface area contributed by atoms with Crippen molar-refractivity contribution in [2.24, 2.45) is 0 Å². The largest absolute Gasteiger partial charge is 0.497 e. The van der Waals surface area contributed by atoms with Crippen LogP contribution in [0.4, 0.5) is 0 Å². The van der Waals surface area contributed by atoms with E-state index in [1.54, 1.807) is 14.2 Å². The summed E-state index contributed by atoms with van der Waals surface area (Å²) in [7, 11) is 3.33. The van der Waals surface area contributed by atoms with Gasteiger partial charge in [-0.3, -0.25) is 0 Å². The van der Waals surface area contributed by atoms with E-state index < -0.39 is 0 Å². The third-order valence-corrected chi connectivity index (χ3v) is 3.57. The Kier molecular flexibility index (Phi) is 3.69. The average molecular weight is 282 g/mol. The second-order valence-electron chi connectivity index (χ2n) is 4.83. The first-order valence-corrected chi connectivity index (χ1v) is 6.81. The Bertz CT molecular complexity index is 631. The highest BCUT2D eigenvalue weighted by atomic mass is 16.5. The second kappa shape index (κ2) is 5.79. The first kappa shape index (κ1) is 13.4. The van der Waals surface area contributed by atoms with Crippen LogP contribution in [-0.2, 0) is 0 Å². The molecule has 0 bridgehead atoms. The van der Waals surface area contributed by atoms with Crippen molar-refractivity contribution in [3.8, 4) is 11.5 Å². The van der Waals surface area contributed by atoms with Gasteiger partial charge in [0.25, 0.3) is 0 Å². The summed E-state index contributed by atoms with van der Waals surface area (Å²) in [6, 6.07) is 14.1. The molecule has 2 N–H and O–H groups in total. The van der Waals surface area contributed by atoms with Crippen molar-refractivity contribution in [1.29, 1.82) is 0 Å². The van der Waals surface area contributed by atoms with Crippen LogP contribution in [0.25, 0.3) is 0 Å². The summed E-state index contributed by atoms with van der Waals surface area (Å²) < 4.78 is 10.8. The van der Waals surface area contributed by atoms with Gasteiger partial charge in [-0.2, -0.15) is 0 Å². The van der Waals surface area contributed by atoms with E-state index in [9.17, 15) is 0 Å². The van der Waals surface area contributed by atoms with Crippen molar-refractivity contribution >= 4 is 0 Å². The van der Waals surface area contributed by atoms with E-state index in [0.29, 0.717) is 0 Å². The third-order valence-electron chi connectivity index (χ3n) is 3.57. The fourth-order valence-electron chi connectivity index (χ4n) is 2.57. The molecule has 1 aromatic carbocycles. The molecule has 0 aliphatic heterocycles. The van der Waals surface area contributed by atoms with Crippen molar-refractivity contribution < 1.29 is 9.47 Å². The van der Waals surface area contributed by atoms with E-state index in [1.807, 2.05) is 42.7 Å². The minimum atomic E-state index is 0.0824. The summed E-state index contributed by atoms with van der Waals surface area (Å²) in [5.74, 6) is 1.65. The Balaban J connectivity index is 2.13. The lowest BCUT2D eigenvalue weighted by Crippen LogP contribution is -2.05. The van der Waals surface area contributed by atoms with Crippen LogP contribution in [0.15, 0.2) is 54.9 Å². The zero-order chi connectivity index (χ0) is 14.7. The van der Waals surface area contributed by atoms with Gasteiger partial charge >= 0.3 is 0 Å². The predicted octanol–water partition coefficient (Wildman–Crippen LogP) is 3.54. The van der Waals surface area contributed by atoms with Gasteiger partial charge in [-0.1, -0.05) is 0 Å². The van der Waals surface area contributed by atoms with Gasteiger partial charge in [-0.15, -0.1) is 0 Å². The number of methoxy groups -OCH3 is 2. The molecule has 0 radical (unpaired) electrons. The summed E-state index contributed by atoms with van der Waals surface area (Å²) in [6.45, 7) is 0. The van der Waals surface area contributed by atoms with Gasteiger partial charge in [0.05, 0.1) is 20.1 Å². The molecule has 0 saturated heterocycles. The molecule has 108 valence electrons. The molecular formula is C17H18N2O2. The lowest BCUT2D eigenvalue weighted by molar-refractivity contribution is 0.393. The topological polar surface area (TPSA) is 50.0 Å². The molecule has 4 nitrogen and oxygen atoms in total. The summed E-state index contributed by atoms with van der Waals surface area (Å²) in [6.07, 6.45) is 3.87. The van der Waals surface area contributed by atoms with Gasteiger partial charge in [-0.05, 0) is 42.0 Å². The molecule has 3 aromatic rings. The van der Waals surface area contributed by atoms with Crippen molar-refractivity contribution in [3.63, 3.8) is 0 Å². The fraction of sp³-hybridized carbons (Fsp3) is 0.176. The van der Waals surface area contributed by atoms with Gasteiger partial charge in [0.2, 0.25) is 0 Å². The standard InChI is InChI=1S/C17H18N2O2/c1-20-13-9-12(10-14(11-13)21-2)17(15-5-3-7-18-15)16-6-4-8-19-16/h3-11,17-19H,1-2H3. The van der Waals surface area contributed by atoms with Crippen molar-refractivity contribution in [1.82, 2.24) is 9.97 Å². The van der Waals surface area contributed by atoms with Gasteiger partial charge in [0, 0.05) is 29.8 Å². The lowest BCUT2D eigenvalue weighted by Gasteiger charge is -2.17. The Morgan fingerprint density at radius 3 is 1.71 bits per heavy atom. The van der Waals surface area contributed by atoms with Gasteiger partial charge in [0.15, 0.2) is 0 Å². The number of hydrogen-bond donors (Lipinski definition) is 2. The molecule has 2 heterocycles. The highest BCUT2D eigenvalue weighted by Crippen LogP contribution is 2.34. The predicted molar refractivity (Wildman–Crippen MR) is 82.1 cm³/mol. The van der Waals surface area contributed by atoms with Gasteiger partial charge in [0.1, 0.15) is 11.5 Å².